The minimum atomic E-state index is 0.497. The van der Waals surface area contributed by atoms with Crippen LogP contribution in [0.2, 0.25) is 0 Å². The summed E-state index contributed by atoms with van der Waals surface area (Å²) in [7, 11) is 0. The van der Waals surface area contributed by atoms with Crippen molar-refractivity contribution in [1.82, 2.24) is 15.5 Å². The second-order valence-corrected chi connectivity index (χ2v) is 7.26. The monoisotopic (exact) mass is 295 g/mol. The Balaban J connectivity index is 1.58. The van der Waals surface area contributed by atoms with Crippen molar-refractivity contribution < 1.29 is 4.52 Å². The van der Waals surface area contributed by atoms with Gasteiger partial charge < -0.3 is 9.84 Å². The van der Waals surface area contributed by atoms with E-state index in [4.69, 9.17) is 4.52 Å². The molecular weight excluding hydrogens is 270 g/mol. The quantitative estimate of drug-likeness (QED) is 0.925. The van der Waals surface area contributed by atoms with Crippen molar-refractivity contribution in [2.45, 2.75) is 57.4 Å². The van der Waals surface area contributed by atoms with Gasteiger partial charge in [0, 0.05) is 36.4 Å². The first-order valence-electron chi connectivity index (χ1n) is 7.98. The second-order valence-electron chi connectivity index (χ2n) is 6.11. The van der Waals surface area contributed by atoms with Crippen LogP contribution in [0.15, 0.2) is 4.52 Å². The van der Waals surface area contributed by atoms with Crippen LogP contribution in [-0.2, 0) is 6.42 Å². The van der Waals surface area contributed by atoms with Gasteiger partial charge >= 0.3 is 0 Å². The summed E-state index contributed by atoms with van der Waals surface area (Å²) in [6.45, 7) is 3.39. The molecule has 3 unspecified atom stereocenters. The van der Waals surface area contributed by atoms with Crippen LogP contribution >= 0.6 is 11.8 Å². The van der Waals surface area contributed by atoms with Gasteiger partial charge in [-0.15, -0.1) is 0 Å². The van der Waals surface area contributed by atoms with Crippen LogP contribution in [0.4, 0.5) is 0 Å². The summed E-state index contributed by atoms with van der Waals surface area (Å²) in [6.07, 6.45) is 7.32. The molecule has 1 N–H and O–H groups in total. The molecule has 0 spiro atoms. The first-order chi connectivity index (χ1) is 9.85. The summed E-state index contributed by atoms with van der Waals surface area (Å²) in [5, 5.41) is 7.78. The summed E-state index contributed by atoms with van der Waals surface area (Å²) in [4.78, 5) is 4.67. The Bertz CT molecular complexity index is 417. The topological polar surface area (TPSA) is 51.0 Å². The zero-order chi connectivity index (χ0) is 13.8. The molecule has 1 aliphatic carbocycles. The number of nitrogens with zero attached hydrogens (tertiary/aromatic N) is 2. The fraction of sp³-hybridized carbons (Fsp3) is 0.867. The summed E-state index contributed by atoms with van der Waals surface area (Å²) in [5.74, 6) is 5.53. The standard InChI is InChI=1S/C15H25N3OS/c1-2-11-4-3-5-12(8-11)15-17-14(19-18-15)9-13-10-20-7-6-16-13/h11-13,16H,2-10H2,1H3. The highest BCUT2D eigenvalue weighted by Gasteiger charge is 2.26. The number of thioether (sulfide) groups is 1. The van der Waals surface area contributed by atoms with E-state index >= 15 is 0 Å². The minimum absolute atomic E-state index is 0.497. The third-order valence-electron chi connectivity index (χ3n) is 4.63. The van der Waals surface area contributed by atoms with E-state index in [1.54, 1.807) is 0 Å². The number of hydrogen-bond acceptors (Lipinski definition) is 5. The van der Waals surface area contributed by atoms with E-state index in [2.05, 4.69) is 22.4 Å². The largest absolute Gasteiger partial charge is 0.339 e. The molecule has 1 aromatic heterocycles. The first-order valence-corrected chi connectivity index (χ1v) is 9.14. The van der Waals surface area contributed by atoms with Crippen LogP contribution in [0.25, 0.3) is 0 Å². The molecule has 0 radical (unpaired) electrons. The molecule has 3 rings (SSSR count). The van der Waals surface area contributed by atoms with Gasteiger partial charge in [-0.05, 0) is 18.8 Å². The SMILES string of the molecule is CCC1CCCC(c2noc(CC3CSCCN3)n2)C1. The number of rotatable bonds is 4. The highest BCUT2D eigenvalue weighted by Crippen LogP contribution is 2.36. The number of nitrogens with one attached hydrogen (secondary N) is 1. The van der Waals surface area contributed by atoms with Gasteiger partial charge in [-0.2, -0.15) is 16.7 Å². The van der Waals surface area contributed by atoms with Crippen molar-refractivity contribution in [3.8, 4) is 0 Å². The summed E-state index contributed by atoms with van der Waals surface area (Å²) in [5.41, 5.74) is 0. The Morgan fingerprint density at radius 3 is 3.15 bits per heavy atom. The molecule has 20 heavy (non-hydrogen) atoms. The predicted octanol–water partition coefficient (Wildman–Crippen LogP) is 3.00. The van der Waals surface area contributed by atoms with E-state index in [9.17, 15) is 0 Å². The molecule has 0 bridgehead atoms. The Labute approximate surface area is 125 Å². The molecule has 5 heteroatoms. The molecule has 3 atom stereocenters. The van der Waals surface area contributed by atoms with Crippen molar-refractivity contribution >= 4 is 11.8 Å². The van der Waals surface area contributed by atoms with Crippen LogP contribution in [0.3, 0.4) is 0 Å². The maximum atomic E-state index is 5.48. The van der Waals surface area contributed by atoms with Crippen LogP contribution < -0.4 is 5.32 Å². The molecule has 1 aliphatic heterocycles. The van der Waals surface area contributed by atoms with E-state index in [-0.39, 0.29) is 0 Å². The van der Waals surface area contributed by atoms with Gasteiger partial charge in [0.2, 0.25) is 5.89 Å². The molecule has 1 saturated carbocycles. The average molecular weight is 295 g/mol. The zero-order valence-corrected chi connectivity index (χ0v) is 13.1. The van der Waals surface area contributed by atoms with Crippen LogP contribution in [0.5, 0.6) is 0 Å². The van der Waals surface area contributed by atoms with E-state index in [0.29, 0.717) is 12.0 Å². The predicted molar refractivity (Wildman–Crippen MR) is 82.1 cm³/mol. The molecule has 2 fully saturated rings. The van der Waals surface area contributed by atoms with Crippen molar-refractivity contribution in [3.63, 3.8) is 0 Å². The van der Waals surface area contributed by atoms with Crippen molar-refractivity contribution in [2.24, 2.45) is 5.92 Å². The molecule has 0 amide bonds. The van der Waals surface area contributed by atoms with Crippen molar-refractivity contribution in [3.05, 3.63) is 11.7 Å². The molecule has 0 aromatic carbocycles. The fourth-order valence-corrected chi connectivity index (χ4v) is 4.32. The van der Waals surface area contributed by atoms with Crippen LogP contribution in [0, 0.1) is 5.92 Å². The summed E-state index contributed by atoms with van der Waals surface area (Å²) >= 11 is 2.01. The lowest BCUT2D eigenvalue weighted by atomic mass is 9.80. The Morgan fingerprint density at radius 1 is 1.40 bits per heavy atom. The fourth-order valence-electron chi connectivity index (χ4n) is 3.37. The molecule has 2 aliphatic rings. The molecular formula is C15H25N3OS. The third-order valence-corrected chi connectivity index (χ3v) is 5.76. The maximum absolute atomic E-state index is 5.48. The maximum Gasteiger partial charge on any atom is 0.228 e. The highest BCUT2D eigenvalue weighted by atomic mass is 32.2. The Kier molecular flexibility index (Phi) is 4.99. The highest BCUT2D eigenvalue weighted by molar-refractivity contribution is 7.99. The van der Waals surface area contributed by atoms with E-state index in [1.807, 2.05) is 11.8 Å². The van der Waals surface area contributed by atoms with Gasteiger partial charge in [0.1, 0.15) is 0 Å². The molecule has 1 saturated heterocycles. The molecule has 2 heterocycles. The van der Waals surface area contributed by atoms with Crippen molar-refractivity contribution in [2.75, 3.05) is 18.1 Å². The van der Waals surface area contributed by atoms with Gasteiger partial charge in [-0.1, -0.05) is 31.3 Å². The van der Waals surface area contributed by atoms with Gasteiger partial charge in [-0.25, -0.2) is 0 Å². The first kappa shape index (κ1) is 14.4. The van der Waals surface area contributed by atoms with Gasteiger partial charge in [0.15, 0.2) is 5.82 Å². The smallest absolute Gasteiger partial charge is 0.228 e. The summed E-state index contributed by atoms with van der Waals surface area (Å²) < 4.78 is 5.48. The lowest BCUT2D eigenvalue weighted by Crippen LogP contribution is -2.38. The van der Waals surface area contributed by atoms with Gasteiger partial charge in [0.05, 0.1) is 0 Å². The molecule has 4 nitrogen and oxygen atoms in total. The Hall–Kier alpha value is -0.550. The van der Waals surface area contributed by atoms with E-state index in [1.165, 1.54) is 37.9 Å². The minimum Gasteiger partial charge on any atom is -0.339 e. The summed E-state index contributed by atoms with van der Waals surface area (Å²) in [6, 6.07) is 0.497. The third kappa shape index (κ3) is 3.55. The lowest BCUT2D eigenvalue weighted by Gasteiger charge is -2.26. The Morgan fingerprint density at radius 2 is 2.35 bits per heavy atom. The number of hydrogen-bond donors (Lipinski definition) is 1. The van der Waals surface area contributed by atoms with Gasteiger partial charge in [0.25, 0.3) is 0 Å². The van der Waals surface area contributed by atoms with E-state index < -0.39 is 0 Å². The van der Waals surface area contributed by atoms with E-state index in [0.717, 1.165) is 36.4 Å². The zero-order valence-electron chi connectivity index (χ0n) is 12.3. The lowest BCUT2D eigenvalue weighted by molar-refractivity contribution is 0.297. The second kappa shape index (κ2) is 6.94. The molecule has 1 aromatic rings. The molecule has 112 valence electrons. The number of aromatic nitrogens is 2. The normalized spacial score (nSPS) is 31.4. The van der Waals surface area contributed by atoms with Gasteiger partial charge in [-0.3, -0.25) is 0 Å². The van der Waals surface area contributed by atoms with Crippen LogP contribution in [-0.4, -0.2) is 34.2 Å². The van der Waals surface area contributed by atoms with Crippen molar-refractivity contribution in [1.29, 1.82) is 0 Å². The van der Waals surface area contributed by atoms with Crippen LogP contribution in [0.1, 0.15) is 56.7 Å². The average Bonchev–Trinajstić information content (AvgIpc) is 2.97.